The van der Waals surface area contributed by atoms with Crippen molar-refractivity contribution in [3.05, 3.63) is 0 Å². The monoisotopic (exact) mass is 256 g/mol. The van der Waals surface area contributed by atoms with E-state index in [2.05, 4.69) is 32.6 Å². The van der Waals surface area contributed by atoms with Crippen LogP contribution in [0.1, 0.15) is 40.5 Å². The van der Waals surface area contributed by atoms with Gasteiger partial charge in [-0.15, -0.1) is 0 Å². The molecule has 1 rings (SSSR count). The molecule has 0 saturated carbocycles. The molecule has 106 valence electrons. The van der Waals surface area contributed by atoms with Crippen molar-refractivity contribution < 1.29 is 9.53 Å². The van der Waals surface area contributed by atoms with E-state index in [4.69, 9.17) is 4.74 Å². The summed E-state index contributed by atoms with van der Waals surface area (Å²) in [5.74, 6) is 0.276. The minimum absolute atomic E-state index is 0.103. The fraction of sp³-hybridized carbons (Fsp3) is 0.929. The van der Waals surface area contributed by atoms with Gasteiger partial charge < -0.3 is 9.64 Å². The van der Waals surface area contributed by atoms with Crippen molar-refractivity contribution in [3.63, 3.8) is 0 Å². The molecule has 0 aromatic rings. The molecule has 1 heterocycles. The summed E-state index contributed by atoms with van der Waals surface area (Å²) in [6.07, 6.45) is 1.56. The Balaban J connectivity index is 2.40. The summed E-state index contributed by atoms with van der Waals surface area (Å²) in [5.41, 5.74) is 0.103. The zero-order valence-corrected chi connectivity index (χ0v) is 12.4. The number of rotatable bonds is 6. The molecule has 0 aromatic heterocycles. The number of nitrogens with zero attached hydrogens (tertiary/aromatic N) is 2. The maximum absolute atomic E-state index is 12.1. The van der Waals surface area contributed by atoms with Crippen molar-refractivity contribution in [1.82, 2.24) is 9.80 Å². The highest BCUT2D eigenvalue weighted by atomic mass is 16.5. The molecule has 1 aliphatic rings. The molecule has 0 aromatic carbocycles. The summed E-state index contributed by atoms with van der Waals surface area (Å²) in [6, 6.07) is 0. The van der Waals surface area contributed by atoms with Crippen LogP contribution >= 0.6 is 0 Å². The van der Waals surface area contributed by atoms with Crippen LogP contribution in [-0.2, 0) is 9.53 Å². The van der Waals surface area contributed by atoms with E-state index in [1.807, 2.05) is 4.90 Å². The van der Waals surface area contributed by atoms with E-state index in [1.54, 1.807) is 0 Å². The fourth-order valence-electron chi connectivity index (χ4n) is 2.62. The van der Waals surface area contributed by atoms with Gasteiger partial charge in [0, 0.05) is 25.0 Å². The Morgan fingerprint density at radius 3 is 2.28 bits per heavy atom. The van der Waals surface area contributed by atoms with E-state index in [0.29, 0.717) is 19.6 Å². The number of hydrogen-bond acceptors (Lipinski definition) is 3. The van der Waals surface area contributed by atoms with Crippen molar-refractivity contribution in [2.45, 2.75) is 46.1 Å². The van der Waals surface area contributed by atoms with E-state index < -0.39 is 0 Å². The maximum Gasteiger partial charge on any atom is 0.222 e. The molecule has 0 N–H and O–H groups in total. The number of amides is 1. The first kappa shape index (κ1) is 15.4. The summed E-state index contributed by atoms with van der Waals surface area (Å²) in [7, 11) is 0. The predicted octanol–water partition coefficient (Wildman–Crippen LogP) is 1.75. The summed E-state index contributed by atoms with van der Waals surface area (Å²) in [6.45, 7) is 13.8. The Morgan fingerprint density at radius 2 is 1.78 bits per heavy atom. The molecular formula is C14H28N2O2. The van der Waals surface area contributed by atoms with Gasteiger partial charge in [0.05, 0.1) is 13.2 Å². The second-order valence-corrected chi connectivity index (χ2v) is 5.48. The molecule has 4 nitrogen and oxygen atoms in total. The first-order valence-electron chi connectivity index (χ1n) is 7.11. The third-order valence-electron chi connectivity index (χ3n) is 3.93. The molecular weight excluding hydrogens is 228 g/mol. The number of hydrogen-bond donors (Lipinski definition) is 0. The van der Waals surface area contributed by atoms with Gasteiger partial charge in [-0.1, -0.05) is 13.8 Å². The zero-order chi connectivity index (χ0) is 13.6. The van der Waals surface area contributed by atoms with Crippen LogP contribution < -0.4 is 0 Å². The molecule has 1 amide bonds. The average molecular weight is 256 g/mol. The van der Waals surface area contributed by atoms with Crippen LogP contribution in [0.4, 0.5) is 0 Å². The van der Waals surface area contributed by atoms with Gasteiger partial charge in [-0.25, -0.2) is 0 Å². The summed E-state index contributed by atoms with van der Waals surface area (Å²) < 4.78 is 5.27. The Hall–Kier alpha value is -0.610. The predicted molar refractivity (Wildman–Crippen MR) is 73.6 cm³/mol. The van der Waals surface area contributed by atoms with Crippen LogP contribution in [0.25, 0.3) is 0 Å². The maximum atomic E-state index is 12.1. The van der Waals surface area contributed by atoms with E-state index >= 15 is 0 Å². The average Bonchev–Trinajstić information content (AvgIpc) is 2.38. The molecule has 0 atom stereocenters. The Morgan fingerprint density at radius 1 is 1.22 bits per heavy atom. The van der Waals surface area contributed by atoms with Crippen molar-refractivity contribution in [3.8, 4) is 0 Å². The SMILES string of the molecule is CCN(CC)C(C)(C)CCC(=O)N1CCOCC1. The van der Waals surface area contributed by atoms with Crippen molar-refractivity contribution in [2.75, 3.05) is 39.4 Å². The van der Waals surface area contributed by atoms with Gasteiger partial charge >= 0.3 is 0 Å². The standard InChI is InChI=1S/C14H28N2O2/c1-5-16(6-2)14(3,4)8-7-13(17)15-9-11-18-12-10-15/h5-12H2,1-4H3. The zero-order valence-electron chi connectivity index (χ0n) is 12.4. The quantitative estimate of drug-likeness (QED) is 0.726. The molecule has 1 fully saturated rings. The van der Waals surface area contributed by atoms with Crippen LogP contribution in [-0.4, -0.2) is 60.6 Å². The molecule has 1 saturated heterocycles. The van der Waals surface area contributed by atoms with Crippen molar-refractivity contribution in [1.29, 1.82) is 0 Å². The summed E-state index contributed by atoms with van der Waals surface area (Å²) in [4.78, 5) is 16.4. The van der Waals surface area contributed by atoms with E-state index in [1.165, 1.54) is 0 Å². The van der Waals surface area contributed by atoms with Crippen LogP contribution in [0.5, 0.6) is 0 Å². The van der Waals surface area contributed by atoms with Gasteiger partial charge in [-0.3, -0.25) is 9.69 Å². The van der Waals surface area contributed by atoms with Crippen LogP contribution in [0, 0.1) is 0 Å². The van der Waals surface area contributed by atoms with E-state index in [0.717, 1.165) is 32.6 Å². The first-order valence-corrected chi connectivity index (χ1v) is 7.11. The van der Waals surface area contributed by atoms with Crippen LogP contribution in [0.3, 0.4) is 0 Å². The molecule has 0 radical (unpaired) electrons. The van der Waals surface area contributed by atoms with E-state index in [9.17, 15) is 4.79 Å². The van der Waals surface area contributed by atoms with Gasteiger partial charge in [-0.2, -0.15) is 0 Å². The highest BCUT2D eigenvalue weighted by Gasteiger charge is 2.26. The first-order chi connectivity index (χ1) is 8.51. The highest BCUT2D eigenvalue weighted by molar-refractivity contribution is 5.76. The molecule has 1 aliphatic heterocycles. The van der Waals surface area contributed by atoms with Crippen molar-refractivity contribution in [2.24, 2.45) is 0 Å². The lowest BCUT2D eigenvalue weighted by Gasteiger charge is -2.38. The Bertz CT molecular complexity index is 257. The smallest absolute Gasteiger partial charge is 0.222 e. The number of carbonyl (C=O) groups excluding carboxylic acids is 1. The van der Waals surface area contributed by atoms with Gasteiger partial charge in [0.1, 0.15) is 0 Å². The minimum Gasteiger partial charge on any atom is -0.378 e. The third kappa shape index (κ3) is 4.25. The largest absolute Gasteiger partial charge is 0.378 e. The minimum atomic E-state index is 0.103. The topological polar surface area (TPSA) is 32.8 Å². The van der Waals surface area contributed by atoms with Crippen LogP contribution in [0.2, 0.25) is 0 Å². The van der Waals surface area contributed by atoms with Gasteiger partial charge in [0.2, 0.25) is 5.91 Å². The molecule has 0 aliphatic carbocycles. The molecule has 4 heteroatoms. The normalized spacial score (nSPS) is 17.3. The molecule has 0 spiro atoms. The Kier molecular flexibility index (Phi) is 6.09. The lowest BCUT2D eigenvalue weighted by molar-refractivity contribution is -0.136. The lowest BCUT2D eigenvalue weighted by atomic mass is 9.95. The van der Waals surface area contributed by atoms with Crippen LogP contribution in [0.15, 0.2) is 0 Å². The summed E-state index contributed by atoms with van der Waals surface area (Å²) >= 11 is 0. The second kappa shape index (κ2) is 7.10. The fourth-order valence-corrected chi connectivity index (χ4v) is 2.62. The van der Waals surface area contributed by atoms with Gasteiger partial charge in [-0.05, 0) is 33.4 Å². The number of morpholine rings is 1. The van der Waals surface area contributed by atoms with E-state index in [-0.39, 0.29) is 11.4 Å². The Labute approximate surface area is 111 Å². The summed E-state index contributed by atoms with van der Waals surface area (Å²) in [5, 5.41) is 0. The molecule has 0 unspecified atom stereocenters. The molecule has 0 bridgehead atoms. The van der Waals surface area contributed by atoms with Gasteiger partial charge in [0.15, 0.2) is 0 Å². The highest BCUT2D eigenvalue weighted by Crippen LogP contribution is 2.21. The van der Waals surface area contributed by atoms with Gasteiger partial charge in [0.25, 0.3) is 0 Å². The number of ether oxygens (including phenoxy) is 1. The second-order valence-electron chi connectivity index (χ2n) is 5.48. The molecule has 18 heavy (non-hydrogen) atoms. The number of carbonyl (C=O) groups is 1. The van der Waals surface area contributed by atoms with Crippen molar-refractivity contribution >= 4 is 5.91 Å². The third-order valence-corrected chi connectivity index (χ3v) is 3.93. The lowest BCUT2D eigenvalue weighted by Crippen LogP contribution is -2.45.